The molecule has 0 aliphatic carbocycles. The third kappa shape index (κ3) is 9.07. The van der Waals surface area contributed by atoms with E-state index in [0.29, 0.717) is 35.3 Å². The fourth-order valence-corrected chi connectivity index (χ4v) is 5.25. The number of amides is 1. The number of hydrogen-bond acceptors (Lipinski definition) is 9. The van der Waals surface area contributed by atoms with Crippen molar-refractivity contribution in [1.29, 1.82) is 0 Å². The summed E-state index contributed by atoms with van der Waals surface area (Å²) in [6, 6.07) is 26.7. The number of aromatic nitrogens is 1. The predicted molar refractivity (Wildman–Crippen MR) is 190 cm³/mol. The third-order valence-electron chi connectivity index (χ3n) is 7.64. The second kappa shape index (κ2) is 16.0. The van der Waals surface area contributed by atoms with Gasteiger partial charge in [-0.05, 0) is 118 Å². The molecule has 5 rings (SSSR count). The number of allylic oxidation sites excluding steroid dienone is 1. The monoisotopic (exact) mass is 659 g/mol. The summed E-state index contributed by atoms with van der Waals surface area (Å²) >= 11 is 0. The topological polar surface area (TPSA) is 127 Å². The lowest BCUT2D eigenvalue weighted by molar-refractivity contribution is 0.0367. The molecule has 0 saturated heterocycles. The highest BCUT2D eigenvalue weighted by atomic mass is 16.5. The Labute approximate surface area is 286 Å². The van der Waals surface area contributed by atoms with Gasteiger partial charge in [-0.1, -0.05) is 24.3 Å². The SMILES string of the molecule is CC(C)OC(=O)c1ccc(N2CC=C(C(N)NN(C(=O)c3ccccc3)c3ccc(C(=O)OC(C)C)cc3)C=C2Cc2ccncc2)cc1. The Hall–Kier alpha value is -5.58. The molecule has 252 valence electrons. The third-order valence-corrected chi connectivity index (χ3v) is 7.64. The highest BCUT2D eigenvalue weighted by Crippen LogP contribution is 2.28. The molecule has 0 fully saturated rings. The summed E-state index contributed by atoms with van der Waals surface area (Å²) in [7, 11) is 0. The van der Waals surface area contributed by atoms with Crippen LogP contribution in [0.5, 0.6) is 0 Å². The van der Waals surface area contributed by atoms with E-state index in [4.69, 9.17) is 15.2 Å². The van der Waals surface area contributed by atoms with Crippen LogP contribution in [0.3, 0.4) is 0 Å². The van der Waals surface area contributed by atoms with Gasteiger partial charge in [0.05, 0.1) is 35.2 Å². The van der Waals surface area contributed by atoms with Gasteiger partial charge in [0.15, 0.2) is 0 Å². The van der Waals surface area contributed by atoms with E-state index in [1.54, 1.807) is 86.9 Å². The molecule has 10 heteroatoms. The number of benzene rings is 3. The van der Waals surface area contributed by atoms with E-state index in [1.165, 1.54) is 5.01 Å². The first-order valence-corrected chi connectivity index (χ1v) is 16.2. The van der Waals surface area contributed by atoms with Gasteiger partial charge in [-0.3, -0.25) is 9.78 Å². The number of nitrogens with two attached hydrogens (primary N) is 1. The van der Waals surface area contributed by atoms with Crippen LogP contribution in [0.25, 0.3) is 0 Å². The van der Waals surface area contributed by atoms with E-state index in [2.05, 4.69) is 15.3 Å². The van der Waals surface area contributed by atoms with E-state index in [-0.39, 0.29) is 24.1 Å². The zero-order valence-corrected chi connectivity index (χ0v) is 28.1. The lowest BCUT2D eigenvalue weighted by atomic mass is 10.0. The number of ether oxygens (including phenoxy) is 2. The van der Waals surface area contributed by atoms with Crippen molar-refractivity contribution < 1.29 is 23.9 Å². The molecule has 1 atom stereocenters. The van der Waals surface area contributed by atoms with Crippen LogP contribution in [0, 0.1) is 0 Å². The molecule has 1 amide bonds. The molecule has 1 aliphatic rings. The van der Waals surface area contributed by atoms with Crippen LogP contribution in [0.1, 0.15) is 64.3 Å². The molecule has 1 unspecified atom stereocenters. The smallest absolute Gasteiger partial charge is 0.338 e. The molecule has 1 aromatic heterocycles. The predicted octanol–water partition coefficient (Wildman–Crippen LogP) is 6.22. The van der Waals surface area contributed by atoms with E-state index in [9.17, 15) is 14.4 Å². The Bertz CT molecular complexity index is 1800. The molecular weight excluding hydrogens is 618 g/mol. The molecule has 2 heterocycles. The van der Waals surface area contributed by atoms with E-state index >= 15 is 0 Å². The number of nitrogens with one attached hydrogen (secondary N) is 1. The standard InChI is InChI=1S/C39H41N5O5/c1-26(2)48-38(46)30-10-14-33(15-11-30)43-23-20-32(25-35(43)24-28-18-21-41-22-19-28)36(40)42-44(37(45)29-8-6-5-7-9-29)34-16-12-31(13-17-34)39(47)49-27(3)4/h5-22,25-27,36,42H,23-24,40H2,1-4H3. The maximum absolute atomic E-state index is 13.8. The minimum absolute atomic E-state index is 0.211. The van der Waals surface area contributed by atoms with Crippen LogP contribution in [0.2, 0.25) is 0 Å². The summed E-state index contributed by atoms with van der Waals surface area (Å²) in [5, 5.41) is 1.40. The van der Waals surface area contributed by atoms with Crippen LogP contribution >= 0.6 is 0 Å². The quantitative estimate of drug-likeness (QED) is 0.104. The average molecular weight is 660 g/mol. The Morgan fingerprint density at radius 3 is 1.94 bits per heavy atom. The molecule has 10 nitrogen and oxygen atoms in total. The van der Waals surface area contributed by atoms with E-state index < -0.39 is 12.1 Å². The number of hydrazine groups is 1. The van der Waals surface area contributed by atoms with Gasteiger partial charge in [-0.2, -0.15) is 0 Å². The largest absolute Gasteiger partial charge is 0.459 e. The Balaban J connectivity index is 1.42. The van der Waals surface area contributed by atoms with Crippen LogP contribution in [0.15, 0.2) is 127 Å². The Kier molecular flexibility index (Phi) is 11.4. The maximum atomic E-state index is 13.8. The highest BCUT2D eigenvalue weighted by molar-refractivity contribution is 6.05. The van der Waals surface area contributed by atoms with Gasteiger partial charge >= 0.3 is 11.9 Å². The van der Waals surface area contributed by atoms with Crippen LogP contribution in [-0.4, -0.2) is 47.7 Å². The molecule has 0 bridgehead atoms. The Morgan fingerprint density at radius 2 is 1.37 bits per heavy atom. The summed E-state index contributed by atoms with van der Waals surface area (Å²) in [6.07, 6.45) is 6.87. The van der Waals surface area contributed by atoms with Gasteiger partial charge < -0.3 is 20.1 Å². The average Bonchev–Trinajstić information content (AvgIpc) is 3.10. The van der Waals surface area contributed by atoms with Crippen molar-refractivity contribution in [2.24, 2.45) is 5.73 Å². The van der Waals surface area contributed by atoms with Crippen molar-refractivity contribution in [3.63, 3.8) is 0 Å². The van der Waals surface area contributed by atoms with Crippen molar-refractivity contribution in [2.75, 3.05) is 16.5 Å². The highest BCUT2D eigenvalue weighted by Gasteiger charge is 2.25. The second-order valence-electron chi connectivity index (χ2n) is 12.1. The summed E-state index contributed by atoms with van der Waals surface area (Å²) < 4.78 is 10.7. The number of rotatable bonds is 12. The summed E-state index contributed by atoms with van der Waals surface area (Å²) in [6.45, 7) is 7.71. The van der Waals surface area contributed by atoms with Crippen LogP contribution in [-0.2, 0) is 15.9 Å². The molecule has 1 aliphatic heterocycles. The van der Waals surface area contributed by atoms with E-state index in [1.807, 2.05) is 56.3 Å². The van der Waals surface area contributed by atoms with Gasteiger partial charge in [-0.15, -0.1) is 0 Å². The fourth-order valence-electron chi connectivity index (χ4n) is 5.25. The van der Waals surface area contributed by atoms with Gasteiger partial charge in [0.2, 0.25) is 0 Å². The molecule has 0 radical (unpaired) electrons. The van der Waals surface area contributed by atoms with Crippen LogP contribution < -0.4 is 21.1 Å². The first kappa shape index (κ1) is 34.7. The zero-order valence-electron chi connectivity index (χ0n) is 28.1. The van der Waals surface area contributed by atoms with Crippen molar-refractivity contribution in [1.82, 2.24) is 10.4 Å². The first-order valence-electron chi connectivity index (χ1n) is 16.2. The van der Waals surface area contributed by atoms with Crippen molar-refractivity contribution in [3.05, 3.63) is 149 Å². The lowest BCUT2D eigenvalue weighted by Crippen LogP contribution is -2.53. The minimum Gasteiger partial charge on any atom is -0.459 e. The molecule has 3 aromatic carbocycles. The number of nitrogens with zero attached hydrogens (tertiary/aromatic N) is 3. The van der Waals surface area contributed by atoms with Gasteiger partial charge in [0, 0.05) is 42.3 Å². The molecule has 3 N–H and O–H groups in total. The van der Waals surface area contributed by atoms with Crippen molar-refractivity contribution in [2.45, 2.75) is 52.5 Å². The van der Waals surface area contributed by atoms with Crippen molar-refractivity contribution >= 4 is 29.2 Å². The normalized spacial score (nSPS) is 13.4. The Morgan fingerprint density at radius 1 is 0.796 bits per heavy atom. The molecular formula is C39H41N5O5. The van der Waals surface area contributed by atoms with Gasteiger partial charge in [0.25, 0.3) is 5.91 Å². The first-order chi connectivity index (χ1) is 23.6. The summed E-state index contributed by atoms with van der Waals surface area (Å²) in [5.74, 6) is -1.13. The second-order valence-corrected chi connectivity index (χ2v) is 12.1. The van der Waals surface area contributed by atoms with Crippen LogP contribution in [0.4, 0.5) is 11.4 Å². The minimum atomic E-state index is -0.777. The van der Waals surface area contributed by atoms with Gasteiger partial charge in [0.1, 0.15) is 0 Å². The number of hydrogen-bond donors (Lipinski definition) is 2. The number of esters is 2. The number of carbonyl (C=O) groups excluding carboxylic acids is 3. The summed E-state index contributed by atoms with van der Waals surface area (Å²) in [5.41, 5.74) is 15.5. The number of carbonyl (C=O) groups is 3. The molecule has 49 heavy (non-hydrogen) atoms. The number of pyridine rings is 1. The number of anilines is 2. The fraction of sp³-hybridized carbons (Fsp3) is 0.231. The van der Waals surface area contributed by atoms with Crippen molar-refractivity contribution in [3.8, 4) is 0 Å². The molecule has 0 saturated carbocycles. The molecule has 0 spiro atoms. The molecule has 4 aromatic rings. The van der Waals surface area contributed by atoms with E-state index in [0.717, 1.165) is 22.5 Å². The van der Waals surface area contributed by atoms with Gasteiger partial charge in [-0.25, -0.2) is 20.0 Å². The zero-order chi connectivity index (χ0) is 34.9. The lowest BCUT2D eigenvalue weighted by Gasteiger charge is -2.33. The summed E-state index contributed by atoms with van der Waals surface area (Å²) in [4.78, 5) is 45.1. The maximum Gasteiger partial charge on any atom is 0.338 e.